The highest BCUT2D eigenvalue weighted by molar-refractivity contribution is 5.77. The number of imidazole rings is 1. The average molecular weight is 483 g/mol. The van der Waals surface area contributed by atoms with Crippen molar-refractivity contribution < 1.29 is 14.1 Å². The summed E-state index contributed by atoms with van der Waals surface area (Å²) in [4.78, 5) is 21.8. The lowest BCUT2D eigenvalue weighted by molar-refractivity contribution is -0.346. The monoisotopic (exact) mass is 482 g/mol. The number of aromatic nitrogens is 5. The third-order valence-electron chi connectivity index (χ3n) is 6.52. The van der Waals surface area contributed by atoms with Crippen LogP contribution in [-0.4, -0.2) is 33.1 Å². The standard InChI is InChI=1S/C27H24FN7O/c1-16-22(10-17-2-5-21(28)6-3-17)26(32-15-31-16)35-8-9-36-24-7-4-18(11-20(24)14-35)19-12-23-25(30-13-19)34-27(29)33-23/h2-7,11-13,15H,8-10,14H2,1H3,(H3,29,30,33,34)/p+1. The van der Waals surface area contributed by atoms with Crippen molar-refractivity contribution in [3.05, 3.63) is 89.3 Å². The molecule has 4 N–H and O–H groups in total. The zero-order valence-electron chi connectivity index (χ0n) is 19.8. The first kappa shape index (κ1) is 22.0. The highest BCUT2D eigenvalue weighted by atomic mass is 19.1. The fourth-order valence-corrected chi connectivity index (χ4v) is 4.66. The lowest BCUT2D eigenvalue weighted by Crippen LogP contribution is -2.28. The maximum atomic E-state index is 13.4. The van der Waals surface area contributed by atoms with Gasteiger partial charge in [-0.15, -0.1) is 0 Å². The van der Waals surface area contributed by atoms with Crippen LogP contribution in [0.4, 0.5) is 16.2 Å². The molecule has 1 aliphatic heterocycles. The van der Waals surface area contributed by atoms with Gasteiger partial charge in [0.2, 0.25) is 0 Å². The van der Waals surface area contributed by atoms with Crippen molar-refractivity contribution in [2.24, 2.45) is 0 Å². The van der Waals surface area contributed by atoms with Gasteiger partial charge in [0.15, 0.2) is 0 Å². The van der Waals surface area contributed by atoms with E-state index in [1.807, 2.05) is 25.3 Å². The first-order chi connectivity index (χ1) is 17.5. The Morgan fingerprint density at radius 1 is 1.11 bits per heavy atom. The van der Waals surface area contributed by atoms with Crippen molar-refractivity contribution in [3.63, 3.8) is 0 Å². The molecule has 9 heteroatoms. The Labute approximate surface area is 207 Å². The van der Waals surface area contributed by atoms with Gasteiger partial charge in [-0.2, -0.15) is 0 Å². The Balaban J connectivity index is 1.34. The molecule has 0 fully saturated rings. The molecular weight excluding hydrogens is 457 g/mol. The molecule has 6 rings (SSSR count). The largest absolute Gasteiger partial charge is 0.491 e. The maximum absolute atomic E-state index is 13.4. The summed E-state index contributed by atoms with van der Waals surface area (Å²) >= 11 is 0. The number of nitrogens with two attached hydrogens (primary N) is 1. The lowest BCUT2D eigenvalue weighted by Gasteiger charge is -2.24. The summed E-state index contributed by atoms with van der Waals surface area (Å²) in [6.45, 7) is 3.85. The van der Waals surface area contributed by atoms with E-state index in [0.717, 1.165) is 50.6 Å². The van der Waals surface area contributed by atoms with Gasteiger partial charge in [-0.1, -0.05) is 18.2 Å². The van der Waals surface area contributed by atoms with Crippen molar-refractivity contribution in [1.82, 2.24) is 19.9 Å². The molecule has 4 heterocycles. The fraction of sp³-hybridized carbons (Fsp3) is 0.185. The minimum absolute atomic E-state index is 0.246. The number of benzene rings is 2. The molecule has 5 aromatic rings. The number of pyridine rings is 1. The minimum atomic E-state index is -0.246. The molecule has 2 aromatic carbocycles. The van der Waals surface area contributed by atoms with E-state index in [9.17, 15) is 4.39 Å². The number of fused-ring (bicyclic) bond motifs is 2. The molecule has 0 spiro atoms. The Bertz CT molecular complexity index is 1570. The van der Waals surface area contributed by atoms with Crippen LogP contribution < -0.4 is 20.4 Å². The van der Waals surface area contributed by atoms with Gasteiger partial charge >= 0.3 is 11.6 Å². The van der Waals surface area contributed by atoms with Crippen molar-refractivity contribution in [2.75, 3.05) is 23.8 Å². The Kier molecular flexibility index (Phi) is 5.44. The molecule has 3 aromatic heterocycles. The number of nitrogens with zero attached hydrogens (tertiary/aromatic N) is 4. The molecule has 180 valence electrons. The number of ether oxygens (including phenoxy) is 1. The van der Waals surface area contributed by atoms with Gasteiger partial charge in [0, 0.05) is 35.3 Å². The number of hydrogen-bond donors (Lipinski definition) is 2. The Hall–Kier alpha value is -4.53. The van der Waals surface area contributed by atoms with Crippen molar-refractivity contribution in [2.45, 2.75) is 19.9 Å². The molecule has 36 heavy (non-hydrogen) atoms. The van der Waals surface area contributed by atoms with E-state index in [2.05, 4.69) is 42.0 Å². The van der Waals surface area contributed by atoms with Gasteiger partial charge in [0.05, 0.1) is 12.7 Å². The maximum Gasteiger partial charge on any atom is 0.349 e. The third-order valence-corrected chi connectivity index (χ3v) is 6.52. The van der Waals surface area contributed by atoms with Crippen molar-refractivity contribution in [1.29, 1.82) is 0 Å². The van der Waals surface area contributed by atoms with E-state index >= 15 is 0 Å². The molecule has 0 bridgehead atoms. The van der Waals surface area contributed by atoms with Gasteiger partial charge in [-0.3, -0.25) is 4.98 Å². The smallest absolute Gasteiger partial charge is 0.349 e. The molecule has 8 nitrogen and oxygen atoms in total. The van der Waals surface area contributed by atoms with E-state index in [0.29, 0.717) is 37.7 Å². The summed E-state index contributed by atoms with van der Waals surface area (Å²) < 4.78 is 19.5. The summed E-state index contributed by atoms with van der Waals surface area (Å²) in [6, 6.07) is 14.8. The number of hydrogen-bond acceptors (Lipinski definition) is 6. The van der Waals surface area contributed by atoms with Gasteiger partial charge < -0.3 is 15.4 Å². The second-order valence-electron chi connectivity index (χ2n) is 8.93. The first-order valence-corrected chi connectivity index (χ1v) is 11.8. The molecule has 0 radical (unpaired) electrons. The average Bonchev–Trinajstić information content (AvgIpc) is 3.12. The minimum Gasteiger partial charge on any atom is -0.491 e. The lowest BCUT2D eigenvalue weighted by atomic mass is 10.0. The first-order valence-electron chi connectivity index (χ1n) is 11.8. The fourth-order valence-electron chi connectivity index (χ4n) is 4.66. The number of H-pyrrole nitrogens is 2. The summed E-state index contributed by atoms with van der Waals surface area (Å²) in [5.74, 6) is 1.87. The molecule has 0 saturated heterocycles. The highest BCUT2D eigenvalue weighted by Crippen LogP contribution is 2.32. The number of nitrogens with one attached hydrogen (secondary N) is 2. The molecule has 0 unspecified atom stereocenters. The number of nitrogen functional groups attached to an aromatic ring is 1. The molecular formula is C27H25FN7O+. The molecule has 0 atom stereocenters. The highest BCUT2D eigenvalue weighted by Gasteiger charge is 2.22. The van der Waals surface area contributed by atoms with Gasteiger partial charge in [-0.25, -0.2) is 19.3 Å². The van der Waals surface area contributed by atoms with Crippen molar-refractivity contribution in [3.8, 4) is 16.9 Å². The topological polar surface area (TPSA) is 107 Å². The van der Waals surface area contributed by atoms with Crippen LogP contribution in [0.2, 0.25) is 0 Å². The molecule has 0 saturated carbocycles. The Morgan fingerprint density at radius 2 is 1.97 bits per heavy atom. The van der Waals surface area contributed by atoms with Crippen LogP contribution in [0.5, 0.6) is 5.75 Å². The normalized spacial score (nSPS) is 13.3. The number of anilines is 2. The van der Waals surface area contributed by atoms with Crippen LogP contribution in [-0.2, 0) is 13.0 Å². The summed E-state index contributed by atoms with van der Waals surface area (Å²) in [7, 11) is 0. The second kappa shape index (κ2) is 8.92. The van der Waals surface area contributed by atoms with Crippen LogP contribution in [0.1, 0.15) is 22.4 Å². The van der Waals surface area contributed by atoms with Crippen LogP contribution in [0.3, 0.4) is 0 Å². The van der Waals surface area contributed by atoms with E-state index in [4.69, 9.17) is 10.5 Å². The van der Waals surface area contributed by atoms with Gasteiger partial charge in [0.1, 0.15) is 35.8 Å². The second-order valence-corrected chi connectivity index (χ2v) is 8.93. The van der Waals surface area contributed by atoms with Crippen LogP contribution in [0, 0.1) is 12.7 Å². The number of aromatic amines is 2. The summed E-state index contributed by atoms with van der Waals surface area (Å²) in [5, 5.41) is 0. The summed E-state index contributed by atoms with van der Waals surface area (Å²) in [5.41, 5.74) is 13.4. The van der Waals surface area contributed by atoms with Crippen LogP contribution in [0.15, 0.2) is 61.1 Å². The zero-order chi connectivity index (χ0) is 24.6. The van der Waals surface area contributed by atoms with Gasteiger partial charge in [0.25, 0.3) is 0 Å². The molecule has 1 aliphatic rings. The molecule has 0 aliphatic carbocycles. The van der Waals surface area contributed by atoms with E-state index in [-0.39, 0.29) is 5.82 Å². The Morgan fingerprint density at radius 3 is 2.83 bits per heavy atom. The molecule has 0 amide bonds. The number of rotatable bonds is 4. The van der Waals surface area contributed by atoms with E-state index in [1.54, 1.807) is 18.5 Å². The summed E-state index contributed by atoms with van der Waals surface area (Å²) in [6.07, 6.45) is 4.15. The van der Waals surface area contributed by atoms with E-state index < -0.39 is 0 Å². The zero-order valence-corrected chi connectivity index (χ0v) is 19.8. The third kappa shape index (κ3) is 4.19. The van der Waals surface area contributed by atoms with Crippen LogP contribution in [0.25, 0.3) is 22.3 Å². The number of halogens is 1. The van der Waals surface area contributed by atoms with E-state index in [1.165, 1.54) is 12.1 Å². The van der Waals surface area contributed by atoms with Gasteiger partial charge in [-0.05, 0) is 53.4 Å². The van der Waals surface area contributed by atoms with Crippen molar-refractivity contribution >= 4 is 22.9 Å². The number of aryl methyl sites for hydroxylation is 1. The quantitative estimate of drug-likeness (QED) is 0.403. The predicted octanol–water partition coefficient (Wildman–Crippen LogP) is 3.85. The predicted molar refractivity (Wildman–Crippen MR) is 135 cm³/mol. The SMILES string of the molecule is Cc1ncnc(N2CCOc3ccc(-c4c[nH+]c5nc(N)[nH]c5c4)cc3C2)c1Cc1ccc(F)cc1. The van der Waals surface area contributed by atoms with Crippen LogP contribution >= 0.6 is 0 Å².